The molecule has 1 fully saturated rings. The van der Waals surface area contributed by atoms with Gasteiger partial charge in [0.15, 0.2) is 0 Å². The molecule has 1 aromatic carbocycles. The van der Waals surface area contributed by atoms with Crippen molar-refractivity contribution in [2.75, 3.05) is 6.54 Å². The summed E-state index contributed by atoms with van der Waals surface area (Å²) in [6.07, 6.45) is 1.27. The van der Waals surface area contributed by atoms with E-state index in [9.17, 15) is 0 Å². The van der Waals surface area contributed by atoms with Gasteiger partial charge in [-0.05, 0) is 42.5 Å². The van der Waals surface area contributed by atoms with Crippen molar-refractivity contribution in [1.82, 2.24) is 0 Å². The van der Waals surface area contributed by atoms with Gasteiger partial charge >= 0.3 is 0 Å². The third kappa shape index (κ3) is 1.54. The highest BCUT2D eigenvalue weighted by Crippen LogP contribution is 2.46. The van der Waals surface area contributed by atoms with Gasteiger partial charge in [0.05, 0.1) is 0 Å². The van der Waals surface area contributed by atoms with Crippen LogP contribution in [0.15, 0.2) is 28.7 Å². The summed E-state index contributed by atoms with van der Waals surface area (Å²) in [4.78, 5) is 0. The summed E-state index contributed by atoms with van der Waals surface area (Å²) in [5, 5.41) is 0. The maximum atomic E-state index is 5.59. The standard InChI is InChI=1S/C10H12BrN/c11-9-3-1-2-7(4-9)10-5-8(10)6-12/h1-4,8,10H,5-6,12H2/t8-,10-/m1/s1. The molecule has 0 bridgehead atoms. The molecule has 0 amide bonds. The molecule has 0 spiro atoms. The van der Waals surface area contributed by atoms with E-state index in [1.807, 2.05) is 0 Å². The van der Waals surface area contributed by atoms with Crippen LogP contribution in [0.25, 0.3) is 0 Å². The van der Waals surface area contributed by atoms with Crippen LogP contribution >= 0.6 is 15.9 Å². The summed E-state index contributed by atoms with van der Waals surface area (Å²) in [6, 6.07) is 8.53. The number of halogens is 1. The van der Waals surface area contributed by atoms with Gasteiger partial charge in [-0.1, -0.05) is 28.1 Å². The normalized spacial score (nSPS) is 27.2. The molecule has 1 aromatic rings. The number of hydrogen-bond donors (Lipinski definition) is 1. The second kappa shape index (κ2) is 3.19. The molecule has 0 unspecified atom stereocenters. The van der Waals surface area contributed by atoms with Crippen molar-refractivity contribution in [3.05, 3.63) is 34.3 Å². The van der Waals surface area contributed by atoms with Gasteiger partial charge in [-0.15, -0.1) is 0 Å². The largest absolute Gasteiger partial charge is 0.330 e. The van der Waals surface area contributed by atoms with Gasteiger partial charge in [-0.3, -0.25) is 0 Å². The monoisotopic (exact) mass is 225 g/mol. The molecular weight excluding hydrogens is 214 g/mol. The van der Waals surface area contributed by atoms with E-state index in [0.717, 1.165) is 18.4 Å². The van der Waals surface area contributed by atoms with Gasteiger partial charge < -0.3 is 5.73 Å². The average molecular weight is 226 g/mol. The lowest BCUT2D eigenvalue weighted by Gasteiger charge is -1.98. The van der Waals surface area contributed by atoms with Crippen molar-refractivity contribution in [1.29, 1.82) is 0 Å². The summed E-state index contributed by atoms with van der Waals surface area (Å²) in [5.41, 5.74) is 7.02. The van der Waals surface area contributed by atoms with Gasteiger partial charge in [0, 0.05) is 4.47 Å². The summed E-state index contributed by atoms with van der Waals surface area (Å²) in [5.74, 6) is 1.46. The fraction of sp³-hybridized carbons (Fsp3) is 0.400. The molecule has 1 aliphatic rings. The van der Waals surface area contributed by atoms with E-state index in [-0.39, 0.29) is 0 Å². The topological polar surface area (TPSA) is 26.0 Å². The minimum absolute atomic E-state index is 0.729. The van der Waals surface area contributed by atoms with Gasteiger partial charge in [0.25, 0.3) is 0 Å². The maximum absolute atomic E-state index is 5.59. The van der Waals surface area contributed by atoms with E-state index < -0.39 is 0 Å². The average Bonchev–Trinajstić information content (AvgIpc) is 2.83. The first kappa shape index (κ1) is 8.27. The minimum atomic E-state index is 0.729. The van der Waals surface area contributed by atoms with Crippen molar-refractivity contribution in [3.8, 4) is 0 Å². The lowest BCUT2D eigenvalue weighted by Crippen LogP contribution is -2.01. The molecule has 1 nitrogen and oxygen atoms in total. The van der Waals surface area contributed by atoms with Crippen LogP contribution < -0.4 is 5.73 Å². The molecule has 12 heavy (non-hydrogen) atoms. The Kier molecular flexibility index (Phi) is 2.20. The molecule has 0 heterocycles. The minimum Gasteiger partial charge on any atom is -0.330 e. The molecule has 64 valence electrons. The predicted octanol–water partition coefficient (Wildman–Crippen LogP) is 2.51. The van der Waals surface area contributed by atoms with Crippen molar-refractivity contribution in [2.24, 2.45) is 11.7 Å². The van der Waals surface area contributed by atoms with Crippen LogP contribution in [0.5, 0.6) is 0 Å². The van der Waals surface area contributed by atoms with E-state index in [0.29, 0.717) is 0 Å². The van der Waals surface area contributed by atoms with Gasteiger partial charge in [0.1, 0.15) is 0 Å². The number of benzene rings is 1. The first-order chi connectivity index (χ1) is 5.81. The zero-order valence-electron chi connectivity index (χ0n) is 6.83. The molecule has 0 aliphatic heterocycles. The summed E-state index contributed by atoms with van der Waals surface area (Å²) >= 11 is 3.47. The molecule has 0 aromatic heterocycles. The molecule has 1 aliphatic carbocycles. The molecule has 1 saturated carbocycles. The lowest BCUT2D eigenvalue weighted by molar-refractivity contribution is 0.809. The van der Waals surface area contributed by atoms with Crippen LogP contribution in [-0.4, -0.2) is 6.54 Å². The third-order valence-corrected chi connectivity index (χ3v) is 3.00. The highest BCUT2D eigenvalue weighted by molar-refractivity contribution is 9.10. The van der Waals surface area contributed by atoms with E-state index in [1.54, 1.807) is 0 Å². The zero-order valence-corrected chi connectivity index (χ0v) is 8.42. The lowest BCUT2D eigenvalue weighted by atomic mass is 10.1. The molecule has 0 radical (unpaired) electrons. The summed E-state index contributed by atoms with van der Waals surface area (Å²) in [7, 11) is 0. The second-order valence-corrected chi connectivity index (χ2v) is 4.31. The van der Waals surface area contributed by atoms with Gasteiger partial charge in [-0.2, -0.15) is 0 Å². The Bertz CT molecular complexity index is 285. The van der Waals surface area contributed by atoms with Crippen molar-refractivity contribution in [3.63, 3.8) is 0 Å². The fourth-order valence-corrected chi connectivity index (χ4v) is 2.07. The van der Waals surface area contributed by atoms with E-state index in [1.165, 1.54) is 16.5 Å². The maximum Gasteiger partial charge on any atom is 0.0178 e. The van der Waals surface area contributed by atoms with Crippen molar-refractivity contribution in [2.45, 2.75) is 12.3 Å². The van der Waals surface area contributed by atoms with Crippen LogP contribution in [0.2, 0.25) is 0 Å². The van der Waals surface area contributed by atoms with Crippen molar-refractivity contribution >= 4 is 15.9 Å². The van der Waals surface area contributed by atoms with E-state index in [4.69, 9.17) is 5.73 Å². The first-order valence-electron chi connectivity index (χ1n) is 4.27. The van der Waals surface area contributed by atoms with Crippen LogP contribution in [0, 0.1) is 5.92 Å². The van der Waals surface area contributed by atoms with Crippen LogP contribution in [0.1, 0.15) is 17.9 Å². The highest BCUT2D eigenvalue weighted by Gasteiger charge is 2.36. The highest BCUT2D eigenvalue weighted by atomic mass is 79.9. The Morgan fingerprint density at radius 2 is 2.33 bits per heavy atom. The molecule has 2 heteroatoms. The quantitative estimate of drug-likeness (QED) is 0.823. The SMILES string of the molecule is NC[C@H]1C[C@@H]1c1cccc(Br)c1. The van der Waals surface area contributed by atoms with Crippen LogP contribution in [0.3, 0.4) is 0 Å². The van der Waals surface area contributed by atoms with E-state index in [2.05, 4.69) is 40.2 Å². The second-order valence-electron chi connectivity index (χ2n) is 3.39. The van der Waals surface area contributed by atoms with Crippen molar-refractivity contribution < 1.29 is 0 Å². The predicted molar refractivity (Wildman–Crippen MR) is 54.0 cm³/mol. The van der Waals surface area contributed by atoms with E-state index >= 15 is 0 Å². The van der Waals surface area contributed by atoms with Gasteiger partial charge in [-0.25, -0.2) is 0 Å². The Labute approximate surface area is 81.1 Å². The smallest absolute Gasteiger partial charge is 0.0178 e. The Morgan fingerprint density at radius 1 is 1.50 bits per heavy atom. The number of rotatable bonds is 2. The Morgan fingerprint density at radius 3 is 2.92 bits per heavy atom. The molecular formula is C10H12BrN. The zero-order chi connectivity index (χ0) is 8.55. The first-order valence-corrected chi connectivity index (χ1v) is 5.06. The summed E-state index contributed by atoms with van der Waals surface area (Å²) in [6.45, 7) is 0.831. The van der Waals surface area contributed by atoms with Gasteiger partial charge in [0.2, 0.25) is 0 Å². The van der Waals surface area contributed by atoms with Crippen LogP contribution in [-0.2, 0) is 0 Å². The fourth-order valence-electron chi connectivity index (χ4n) is 1.65. The summed E-state index contributed by atoms with van der Waals surface area (Å²) < 4.78 is 1.17. The Balaban J connectivity index is 2.14. The van der Waals surface area contributed by atoms with Crippen LogP contribution in [0.4, 0.5) is 0 Å². The molecule has 2 rings (SSSR count). The molecule has 2 atom stereocenters. The Hall–Kier alpha value is -0.340. The third-order valence-electron chi connectivity index (χ3n) is 2.50. The number of hydrogen-bond acceptors (Lipinski definition) is 1. The molecule has 0 saturated heterocycles. The molecule has 2 N–H and O–H groups in total. The number of nitrogens with two attached hydrogens (primary N) is 1.